The number of amides is 1. The summed E-state index contributed by atoms with van der Waals surface area (Å²) in [5, 5.41) is 7.29. The topological polar surface area (TPSA) is 81.8 Å². The van der Waals surface area contributed by atoms with E-state index in [2.05, 4.69) is 15.4 Å². The van der Waals surface area contributed by atoms with E-state index in [0.29, 0.717) is 11.6 Å². The zero-order valence-corrected chi connectivity index (χ0v) is 16.2. The molecule has 27 heavy (non-hydrogen) atoms. The van der Waals surface area contributed by atoms with E-state index < -0.39 is 0 Å². The monoisotopic (exact) mass is 365 g/mol. The average Bonchev–Trinajstić information content (AvgIpc) is 2.92. The van der Waals surface area contributed by atoms with Crippen molar-refractivity contribution >= 4 is 11.6 Å². The predicted octanol–water partition coefficient (Wildman–Crippen LogP) is 2.61. The van der Waals surface area contributed by atoms with Crippen LogP contribution in [0.5, 0.6) is 0 Å². The molecular weight excluding hydrogens is 342 g/mol. The van der Waals surface area contributed by atoms with Gasteiger partial charge in [-0.3, -0.25) is 14.2 Å². The van der Waals surface area contributed by atoms with Crippen LogP contribution in [0, 0.1) is 34.6 Å². The third kappa shape index (κ3) is 3.81. The first kappa shape index (κ1) is 18.6. The van der Waals surface area contributed by atoms with Gasteiger partial charge in [0.1, 0.15) is 6.54 Å². The second kappa shape index (κ2) is 7.19. The molecule has 140 valence electrons. The van der Waals surface area contributed by atoms with Crippen LogP contribution in [0.1, 0.15) is 28.2 Å². The highest BCUT2D eigenvalue weighted by Gasteiger charge is 2.16. The Morgan fingerprint density at radius 2 is 1.81 bits per heavy atom. The summed E-state index contributed by atoms with van der Waals surface area (Å²) in [6.45, 7) is 9.29. The molecule has 1 amide bonds. The van der Waals surface area contributed by atoms with Crippen LogP contribution in [0.2, 0.25) is 0 Å². The minimum absolute atomic E-state index is 0.146. The maximum atomic E-state index is 12.6. The molecule has 7 nitrogen and oxygen atoms in total. The lowest BCUT2D eigenvalue weighted by Crippen LogP contribution is -2.32. The summed E-state index contributed by atoms with van der Waals surface area (Å²) in [5.41, 5.74) is 4.77. The fourth-order valence-electron chi connectivity index (χ4n) is 2.97. The van der Waals surface area contributed by atoms with Crippen molar-refractivity contribution in [2.75, 3.05) is 5.32 Å². The van der Waals surface area contributed by atoms with E-state index in [4.69, 9.17) is 0 Å². The third-order valence-corrected chi connectivity index (χ3v) is 4.50. The molecule has 0 aliphatic heterocycles. The van der Waals surface area contributed by atoms with E-state index in [1.165, 1.54) is 10.6 Å². The number of hydrogen-bond acceptors (Lipinski definition) is 4. The molecule has 3 aromatic rings. The van der Waals surface area contributed by atoms with E-state index in [0.717, 1.165) is 28.2 Å². The molecule has 0 saturated heterocycles. The lowest BCUT2D eigenvalue weighted by molar-refractivity contribution is -0.116. The molecule has 1 N–H and O–H groups in total. The van der Waals surface area contributed by atoms with Gasteiger partial charge in [0.15, 0.2) is 0 Å². The number of carbonyl (C=O) groups excluding carboxylic acids is 1. The second-order valence-corrected chi connectivity index (χ2v) is 6.76. The number of aryl methyl sites for hydroxylation is 4. The Hall–Kier alpha value is -3.22. The number of rotatable bonds is 4. The highest BCUT2D eigenvalue weighted by molar-refractivity contribution is 5.91. The first-order valence-corrected chi connectivity index (χ1v) is 8.74. The predicted molar refractivity (Wildman–Crippen MR) is 104 cm³/mol. The van der Waals surface area contributed by atoms with Gasteiger partial charge >= 0.3 is 0 Å². The second-order valence-electron chi connectivity index (χ2n) is 6.76. The Bertz CT molecular complexity index is 1080. The number of hydrogen-bond donors (Lipinski definition) is 1. The minimum Gasteiger partial charge on any atom is -0.324 e. The van der Waals surface area contributed by atoms with Crippen molar-refractivity contribution in [2.24, 2.45) is 0 Å². The molecule has 0 aliphatic rings. The van der Waals surface area contributed by atoms with E-state index >= 15 is 0 Å². The maximum absolute atomic E-state index is 12.6. The molecule has 2 aromatic heterocycles. The van der Waals surface area contributed by atoms with Gasteiger partial charge in [-0.05, 0) is 57.9 Å². The quantitative estimate of drug-likeness (QED) is 0.770. The first-order chi connectivity index (χ1) is 12.8. The smallest absolute Gasteiger partial charge is 0.255 e. The van der Waals surface area contributed by atoms with Gasteiger partial charge in [0.2, 0.25) is 11.9 Å². The Balaban J connectivity index is 1.97. The lowest BCUT2D eigenvalue weighted by Gasteiger charge is -2.15. The highest BCUT2D eigenvalue weighted by atomic mass is 16.2. The maximum Gasteiger partial charge on any atom is 0.255 e. The number of aromatic nitrogens is 4. The molecule has 0 fully saturated rings. The van der Waals surface area contributed by atoms with Crippen LogP contribution < -0.4 is 10.9 Å². The van der Waals surface area contributed by atoms with Crippen LogP contribution in [0.3, 0.4) is 0 Å². The summed E-state index contributed by atoms with van der Waals surface area (Å²) >= 11 is 0. The Morgan fingerprint density at radius 1 is 1.07 bits per heavy atom. The third-order valence-electron chi connectivity index (χ3n) is 4.50. The van der Waals surface area contributed by atoms with Crippen molar-refractivity contribution < 1.29 is 4.79 Å². The molecule has 0 atom stereocenters. The van der Waals surface area contributed by atoms with E-state index in [1.807, 2.05) is 52.0 Å². The number of benzene rings is 1. The average molecular weight is 365 g/mol. The zero-order valence-electron chi connectivity index (χ0n) is 16.2. The standard InChI is InChI=1S/C20H23N5O2/c1-12-7-6-8-17(16(12)5)22-18(26)11-24-19(27)10-13(2)21-20(24)25-15(4)9-14(3)23-25/h6-10H,11H2,1-5H3,(H,22,26). The van der Waals surface area contributed by atoms with Crippen LogP contribution in [-0.2, 0) is 11.3 Å². The van der Waals surface area contributed by atoms with Gasteiger partial charge in [-0.15, -0.1) is 0 Å². The van der Waals surface area contributed by atoms with Crippen LogP contribution in [0.25, 0.3) is 5.95 Å². The van der Waals surface area contributed by atoms with Crippen molar-refractivity contribution in [3.63, 3.8) is 0 Å². The van der Waals surface area contributed by atoms with Crippen LogP contribution in [0.15, 0.2) is 35.1 Å². The summed E-state index contributed by atoms with van der Waals surface area (Å²) in [5.74, 6) is 0.0425. The Kier molecular flexibility index (Phi) is 4.94. The van der Waals surface area contributed by atoms with Crippen molar-refractivity contribution in [1.82, 2.24) is 19.3 Å². The number of nitrogens with zero attached hydrogens (tertiary/aromatic N) is 4. The zero-order chi connectivity index (χ0) is 19.7. The van der Waals surface area contributed by atoms with Gasteiger partial charge < -0.3 is 5.32 Å². The van der Waals surface area contributed by atoms with Crippen molar-refractivity contribution in [3.8, 4) is 5.95 Å². The molecule has 2 heterocycles. The van der Waals surface area contributed by atoms with Gasteiger partial charge in [0.25, 0.3) is 5.56 Å². The summed E-state index contributed by atoms with van der Waals surface area (Å²) in [7, 11) is 0. The number of carbonyl (C=O) groups is 1. The van der Waals surface area contributed by atoms with Crippen LogP contribution in [-0.4, -0.2) is 25.2 Å². The molecule has 0 bridgehead atoms. The van der Waals surface area contributed by atoms with E-state index in [-0.39, 0.29) is 18.0 Å². The van der Waals surface area contributed by atoms with Gasteiger partial charge in [-0.25, -0.2) is 9.67 Å². The normalized spacial score (nSPS) is 10.9. The molecular formula is C20H23N5O2. The van der Waals surface area contributed by atoms with E-state index in [9.17, 15) is 9.59 Å². The summed E-state index contributed by atoms with van der Waals surface area (Å²) in [6.07, 6.45) is 0. The van der Waals surface area contributed by atoms with Crippen molar-refractivity contribution in [3.05, 3.63) is 68.9 Å². The Labute approximate surface area is 157 Å². The Morgan fingerprint density at radius 3 is 2.48 bits per heavy atom. The molecule has 0 unspecified atom stereocenters. The number of nitrogens with one attached hydrogen (secondary N) is 1. The van der Waals surface area contributed by atoms with Gasteiger partial charge in [0.05, 0.1) is 5.69 Å². The molecule has 0 aliphatic carbocycles. The van der Waals surface area contributed by atoms with Gasteiger partial charge in [0, 0.05) is 23.1 Å². The van der Waals surface area contributed by atoms with Crippen molar-refractivity contribution in [1.29, 1.82) is 0 Å². The van der Waals surface area contributed by atoms with Gasteiger partial charge in [-0.1, -0.05) is 12.1 Å². The fraction of sp³-hybridized carbons (Fsp3) is 0.300. The molecule has 3 rings (SSSR count). The van der Waals surface area contributed by atoms with Gasteiger partial charge in [-0.2, -0.15) is 5.10 Å². The van der Waals surface area contributed by atoms with E-state index in [1.54, 1.807) is 11.6 Å². The summed E-state index contributed by atoms with van der Waals surface area (Å²) in [6, 6.07) is 9.03. The summed E-state index contributed by atoms with van der Waals surface area (Å²) in [4.78, 5) is 29.6. The van der Waals surface area contributed by atoms with Crippen LogP contribution in [0.4, 0.5) is 5.69 Å². The largest absolute Gasteiger partial charge is 0.324 e. The number of anilines is 1. The van der Waals surface area contributed by atoms with Crippen LogP contribution >= 0.6 is 0 Å². The molecule has 0 saturated carbocycles. The first-order valence-electron chi connectivity index (χ1n) is 8.74. The SMILES string of the molecule is Cc1cc(=O)n(CC(=O)Nc2cccc(C)c2C)c(-n2nc(C)cc2C)n1. The summed E-state index contributed by atoms with van der Waals surface area (Å²) < 4.78 is 2.93. The molecule has 1 aromatic carbocycles. The fourth-order valence-corrected chi connectivity index (χ4v) is 2.97. The van der Waals surface area contributed by atoms with Crippen molar-refractivity contribution in [2.45, 2.75) is 41.2 Å². The lowest BCUT2D eigenvalue weighted by atomic mass is 10.1. The molecule has 0 radical (unpaired) electrons. The minimum atomic E-state index is -0.292. The molecule has 0 spiro atoms. The molecule has 7 heteroatoms. The highest BCUT2D eigenvalue weighted by Crippen LogP contribution is 2.18.